The zero-order valence-electron chi connectivity index (χ0n) is 26.2. The van der Waals surface area contributed by atoms with Crippen molar-refractivity contribution in [1.82, 2.24) is 15.1 Å². The summed E-state index contributed by atoms with van der Waals surface area (Å²) in [6, 6.07) is 18.9. The van der Waals surface area contributed by atoms with Crippen molar-refractivity contribution in [2.24, 2.45) is 5.92 Å². The van der Waals surface area contributed by atoms with Gasteiger partial charge in [0.15, 0.2) is 0 Å². The van der Waals surface area contributed by atoms with E-state index in [2.05, 4.69) is 27.9 Å². The van der Waals surface area contributed by atoms with Crippen molar-refractivity contribution in [3.63, 3.8) is 0 Å². The van der Waals surface area contributed by atoms with Crippen LogP contribution in [0.25, 0.3) is 11.1 Å². The van der Waals surface area contributed by atoms with E-state index in [0.29, 0.717) is 55.0 Å². The highest BCUT2D eigenvalue weighted by Crippen LogP contribution is 2.57. The fourth-order valence-corrected chi connectivity index (χ4v) is 6.39. The molecule has 3 N–H and O–H groups in total. The molecule has 0 bridgehead atoms. The van der Waals surface area contributed by atoms with Crippen LogP contribution in [0.15, 0.2) is 73.1 Å². The van der Waals surface area contributed by atoms with E-state index in [1.807, 2.05) is 71.4 Å². The Morgan fingerprint density at radius 1 is 1.06 bits per heavy atom. The number of fused-ring (bicyclic) bond motifs is 3. The summed E-state index contributed by atoms with van der Waals surface area (Å²) in [5, 5.41) is 19.5. The number of aromatic nitrogens is 2. The number of halogens is 1. The van der Waals surface area contributed by atoms with Gasteiger partial charge in [-0.2, -0.15) is 5.10 Å². The largest absolute Gasteiger partial charge is 0.493 e. The van der Waals surface area contributed by atoms with Crippen molar-refractivity contribution in [1.29, 1.82) is 0 Å². The molecule has 1 aliphatic carbocycles. The first-order chi connectivity index (χ1) is 22.8. The lowest BCUT2D eigenvalue weighted by atomic mass is 9.92. The Kier molecular flexibility index (Phi) is 9.77. The van der Waals surface area contributed by atoms with Gasteiger partial charge in [-0.15, -0.1) is 0 Å². The third-order valence-corrected chi connectivity index (χ3v) is 9.13. The lowest BCUT2D eigenvalue weighted by molar-refractivity contribution is -0.137. The normalized spacial score (nSPS) is 16.2. The van der Waals surface area contributed by atoms with Crippen LogP contribution in [0.3, 0.4) is 0 Å². The molecule has 0 radical (unpaired) electrons. The lowest BCUT2D eigenvalue weighted by Gasteiger charge is -2.30. The number of benzene rings is 3. The van der Waals surface area contributed by atoms with Crippen LogP contribution >= 0.6 is 11.6 Å². The van der Waals surface area contributed by atoms with Crippen LogP contribution in [0.4, 0.5) is 16.2 Å². The Bertz CT molecular complexity index is 1790. The molecule has 2 aliphatic rings. The van der Waals surface area contributed by atoms with E-state index in [1.165, 1.54) is 5.56 Å². The van der Waals surface area contributed by atoms with Gasteiger partial charge in [-0.1, -0.05) is 41.9 Å². The molecule has 0 saturated heterocycles. The van der Waals surface area contributed by atoms with Crippen LogP contribution in [-0.4, -0.2) is 52.5 Å². The predicted octanol–water partition coefficient (Wildman–Crippen LogP) is 6.86. The lowest BCUT2D eigenvalue weighted by Crippen LogP contribution is -2.36. The molecule has 6 rings (SSSR count). The van der Waals surface area contributed by atoms with Gasteiger partial charge < -0.3 is 25.4 Å². The van der Waals surface area contributed by atoms with Crippen molar-refractivity contribution in [2.75, 3.05) is 29.9 Å². The third kappa shape index (κ3) is 7.77. The standard InChI is InChI=1S/C36H38ClN5O5/c1-23-30(37)10-4-12-32(23)47-16-6-13-33(43)42-22-25-18-29(25)35-28(9-3-11-31(35)42)26-19-39-41(21-26)20-24-7-2-8-27(17-24)40-36(46)38-15-5-14-34(44)45/h2-4,7-12,17,19,21,25,29H,5-6,13-16,18,20,22H2,1H3,(H,44,45)(H2,38,40,46)/t25-,29-/m0/s1. The van der Waals surface area contributed by atoms with Crippen molar-refractivity contribution in [3.8, 4) is 16.9 Å². The number of carboxylic acid groups (broad SMARTS) is 1. The number of carboxylic acids is 1. The molecule has 10 nitrogen and oxygen atoms in total. The molecule has 4 aromatic rings. The van der Waals surface area contributed by atoms with Gasteiger partial charge in [-0.05, 0) is 85.0 Å². The second kappa shape index (κ2) is 14.3. The summed E-state index contributed by atoms with van der Waals surface area (Å²) in [7, 11) is 0. The van der Waals surface area contributed by atoms with Gasteiger partial charge in [0.2, 0.25) is 5.91 Å². The van der Waals surface area contributed by atoms with Gasteiger partial charge in [0.05, 0.1) is 19.3 Å². The highest BCUT2D eigenvalue weighted by Gasteiger charge is 2.47. The van der Waals surface area contributed by atoms with Crippen molar-refractivity contribution in [2.45, 2.75) is 51.5 Å². The number of anilines is 2. The number of aliphatic carboxylic acids is 1. The maximum atomic E-state index is 13.5. The predicted molar refractivity (Wildman–Crippen MR) is 181 cm³/mol. The molecule has 3 amide bonds. The second-order valence-corrected chi connectivity index (χ2v) is 12.6. The smallest absolute Gasteiger partial charge is 0.319 e. The van der Waals surface area contributed by atoms with Crippen LogP contribution in [0, 0.1) is 12.8 Å². The van der Waals surface area contributed by atoms with Crippen LogP contribution in [0.5, 0.6) is 5.75 Å². The molecular weight excluding hydrogens is 618 g/mol. The van der Waals surface area contributed by atoms with E-state index in [0.717, 1.165) is 46.7 Å². The molecule has 1 saturated carbocycles. The molecule has 47 heavy (non-hydrogen) atoms. The van der Waals surface area contributed by atoms with E-state index in [-0.39, 0.29) is 24.9 Å². The Balaban J connectivity index is 1.08. The molecule has 0 spiro atoms. The number of ether oxygens (including phenoxy) is 1. The van der Waals surface area contributed by atoms with Crippen LogP contribution in [0.2, 0.25) is 5.02 Å². The SMILES string of the molecule is Cc1c(Cl)cccc1OCCCC(=O)N1C[C@@H]2C[C@@H]2c2c(-c3cnn(Cc4cccc(NC(=O)NCCCC(=O)O)c4)c3)cccc21. The zero-order chi connectivity index (χ0) is 32.9. The summed E-state index contributed by atoms with van der Waals surface area (Å²) in [5.41, 5.74) is 6.83. The summed E-state index contributed by atoms with van der Waals surface area (Å²) in [4.78, 5) is 38.3. The Hall–Kier alpha value is -4.83. The molecule has 0 unspecified atom stereocenters. The minimum atomic E-state index is -0.888. The number of urea groups is 1. The topological polar surface area (TPSA) is 126 Å². The van der Waals surface area contributed by atoms with Gasteiger partial charge in [0, 0.05) is 59.7 Å². The zero-order valence-corrected chi connectivity index (χ0v) is 27.0. The molecule has 2 heterocycles. The summed E-state index contributed by atoms with van der Waals surface area (Å²) < 4.78 is 7.79. The number of nitrogens with zero attached hydrogens (tertiary/aromatic N) is 3. The molecule has 2 atom stereocenters. The Morgan fingerprint density at radius 3 is 2.74 bits per heavy atom. The number of rotatable bonds is 13. The summed E-state index contributed by atoms with van der Waals surface area (Å²) >= 11 is 6.21. The first-order valence-electron chi connectivity index (χ1n) is 16.0. The summed E-state index contributed by atoms with van der Waals surface area (Å²) in [6.45, 7) is 3.91. The number of carbonyl (C=O) groups excluding carboxylic acids is 2. The van der Waals surface area contributed by atoms with Crippen LogP contribution in [-0.2, 0) is 16.1 Å². The fraction of sp³-hybridized carbons (Fsp3) is 0.333. The quantitative estimate of drug-likeness (QED) is 0.135. The van der Waals surface area contributed by atoms with Crippen LogP contribution in [0.1, 0.15) is 54.7 Å². The third-order valence-electron chi connectivity index (χ3n) is 8.72. The number of carbonyl (C=O) groups is 3. The highest BCUT2D eigenvalue weighted by atomic mass is 35.5. The highest BCUT2D eigenvalue weighted by molar-refractivity contribution is 6.31. The van der Waals surface area contributed by atoms with Gasteiger partial charge in [0.25, 0.3) is 0 Å². The molecule has 1 aromatic heterocycles. The maximum Gasteiger partial charge on any atom is 0.319 e. The average molecular weight is 656 g/mol. The number of amides is 3. The van der Waals surface area contributed by atoms with E-state index in [9.17, 15) is 14.4 Å². The number of hydrogen-bond donors (Lipinski definition) is 3. The van der Waals surface area contributed by atoms with E-state index in [4.69, 9.17) is 21.4 Å². The van der Waals surface area contributed by atoms with Crippen molar-refractivity contribution < 1.29 is 24.2 Å². The maximum absolute atomic E-state index is 13.5. The van der Waals surface area contributed by atoms with Crippen LogP contribution < -0.4 is 20.3 Å². The molecule has 1 fully saturated rings. The number of nitrogens with one attached hydrogen (secondary N) is 2. The van der Waals surface area contributed by atoms with E-state index < -0.39 is 5.97 Å². The summed E-state index contributed by atoms with van der Waals surface area (Å²) in [6.07, 6.45) is 6.36. The molecule has 3 aromatic carbocycles. The minimum Gasteiger partial charge on any atom is -0.493 e. The molecular formula is C36H38ClN5O5. The molecule has 244 valence electrons. The van der Waals surface area contributed by atoms with Gasteiger partial charge in [0.1, 0.15) is 5.75 Å². The second-order valence-electron chi connectivity index (χ2n) is 12.2. The van der Waals surface area contributed by atoms with E-state index in [1.54, 1.807) is 6.07 Å². The molecule has 11 heteroatoms. The first kappa shape index (κ1) is 32.1. The van der Waals surface area contributed by atoms with Gasteiger partial charge in [-0.3, -0.25) is 14.3 Å². The van der Waals surface area contributed by atoms with Gasteiger partial charge in [-0.25, -0.2) is 4.79 Å². The monoisotopic (exact) mass is 655 g/mol. The summed E-state index contributed by atoms with van der Waals surface area (Å²) in [5.74, 6) is 0.885. The minimum absolute atomic E-state index is 0.00680. The Morgan fingerprint density at radius 2 is 1.89 bits per heavy atom. The van der Waals surface area contributed by atoms with Gasteiger partial charge >= 0.3 is 12.0 Å². The Labute approximate surface area is 278 Å². The first-order valence-corrected chi connectivity index (χ1v) is 16.3. The van der Waals surface area contributed by atoms with Crippen molar-refractivity contribution in [3.05, 3.63) is 94.8 Å². The van der Waals surface area contributed by atoms with Crippen molar-refractivity contribution >= 4 is 40.9 Å². The number of hydrogen-bond acceptors (Lipinski definition) is 5. The van der Waals surface area contributed by atoms with E-state index >= 15 is 0 Å². The fourth-order valence-electron chi connectivity index (χ4n) is 6.23. The average Bonchev–Trinajstić information content (AvgIpc) is 3.70. The molecule has 1 aliphatic heterocycles.